The van der Waals surface area contributed by atoms with Gasteiger partial charge in [-0.1, -0.05) is 5.16 Å². The van der Waals surface area contributed by atoms with Crippen LogP contribution in [0.2, 0.25) is 0 Å². The molecule has 7 heavy (non-hydrogen) atoms. The van der Waals surface area contributed by atoms with Gasteiger partial charge in [0.15, 0.2) is 0 Å². The summed E-state index contributed by atoms with van der Waals surface area (Å²) in [5.41, 5.74) is 0. The first-order valence-electron chi connectivity index (χ1n) is 1.64. The Hall–Kier alpha value is -0.350. The summed E-state index contributed by atoms with van der Waals surface area (Å²) in [6, 6.07) is 0. The van der Waals surface area contributed by atoms with Crippen molar-refractivity contribution in [3.63, 3.8) is 0 Å². The molecule has 0 fully saturated rings. The largest absolute Gasteiger partial charge is 0.409 e. The fourth-order valence-electron chi connectivity index (χ4n) is 0.247. The van der Waals surface area contributed by atoms with E-state index >= 15 is 0 Å². The van der Waals surface area contributed by atoms with E-state index in [0.29, 0.717) is 3.98 Å². The molecule has 0 aliphatic carbocycles. The Morgan fingerprint density at radius 2 is 2.00 bits per heavy atom. The molecule has 1 N–H and O–H groups in total. The van der Waals surface area contributed by atoms with Crippen molar-refractivity contribution in [2.75, 3.05) is 0 Å². The highest BCUT2D eigenvalue weighted by molar-refractivity contribution is 7.24. The molecular formula is C3H3NOS2. The maximum Gasteiger partial charge on any atom is 0.209 e. The van der Waals surface area contributed by atoms with Gasteiger partial charge in [0.1, 0.15) is 0 Å². The molecule has 2 nitrogen and oxygen atoms in total. The lowest BCUT2D eigenvalue weighted by Crippen LogP contribution is -1.80. The predicted molar refractivity (Wildman–Crippen MR) is 29.5 cm³/mol. The highest BCUT2D eigenvalue weighted by Crippen LogP contribution is 1.91. The van der Waals surface area contributed by atoms with Crippen molar-refractivity contribution in [3.8, 4) is 0 Å². The first-order valence-corrected chi connectivity index (χ1v) is 3.40. The predicted octanol–water partition coefficient (Wildman–Crippen LogP) is 1.10. The van der Waals surface area contributed by atoms with Gasteiger partial charge in [-0.3, -0.25) is 0 Å². The third-order valence-electron chi connectivity index (χ3n) is 0.475. The fourth-order valence-corrected chi connectivity index (χ4v) is 1.57. The maximum absolute atomic E-state index is 8.07. The molecule has 1 heterocycles. The number of nitrogens with zero attached hydrogens (tertiary/aromatic N) is 1. The number of hydrogen-bond donors (Lipinski definition) is 1. The normalized spacial score (nSPS) is 8.57. The van der Waals surface area contributed by atoms with Crippen molar-refractivity contribution in [3.05, 3.63) is 14.7 Å². The molecule has 0 unspecified atom stereocenters. The van der Waals surface area contributed by atoms with Crippen molar-refractivity contribution in [2.45, 2.75) is 0 Å². The molecule has 1 rings (SSSR count). The third-order valence-corrected chi connectivity index (χ3v) is 2.34. The molecule has 0 amide bonds. The third kappa shape index (κ3) is 1.01. The molecule has 0 saturated heterocycles. The Kier molecular flexibility index (Phi) is 1.43. The van der Waals surface area contributed by atoms with E-state index in [1.165, 1.54) is 22.7 Å². The molecule has 4 heteroatoms. The SMILES string of the molecule is ON=c1sccs1. The van der Waals surface area contributed by atoms with Gasteiger partial charge in [-0.15, -0.1) is 22.7 Å². The van der Waals surface area contributed by atoms with Gasteiger partial charge in [0, 0.05) is 10.8 Å². The monoisotopic (exact) mass is 133 g/mol. The van der Waals surface area contributed by atoms with Crippen molar-refractivity contribution in [1.29, 1.82) is 0 Å². The molecule has 0 aliphatic rings. The fraction of sp³-hybridized carbons (Fsp3) is 0. The van der Waals surface area contributed by atoms with E-state index in [9.17, 15) is 0 Å². The summed E-state index contributed by atoms with van der Waals surface area (Å²) in [5.74, 6) is 0. The number of rotatable bonds is 0. The lowest BCUT2D eigenvalue weighted by atomic mass is 11.2. The summed E-state index contributed by atoms with van der Waals surface area (Å²) in [7, 11) is 0. The molecule has 38 valence electrons. The van der Waals surface area contributed by atoms with Crippen LogP contribution in [0.4, 0.5) is 0 Å². The highest BCUT2D eigenvalue weighted by Gasteiger charge is 1.75. The molecule has 0 spiro atoms. The van der Waals surface area contributed by atoms with Gasteiger partial charge in [-0.25, -0.2) is 0 Å². The molecule has 1 aromatic rings. The molecule has 0 radical (unpaired) electrons. The first-order chi connectivity index (χ1) is 3.43. The van der Waals surface area contributed by atoms with E-state index in [1.807, 2.05) is 10.8 Å². The van der Waals surface area contributed by atoms with Crippen molar-refractivity contribution >= 4 is 22.7 Å². The van der Waals surface area contributed by atoms with Crippen LogP contribution < -0.4 is 3.98 Å². The lowest BCUT2D eigenvalue weighted by Gasteiger charge is -1.60. The van der Waals surface area contributed by atoms with Gasteiger partial charge in [-0.05, 0) is 0 Å². The Balaban J connectivity index is 3.22. The van der Waals surface area contributed by atoms with Gasteiger partial charge in [0.25, 0.3) is 0 Å². The van der Waals surface area contributed by atoms with Crippen LogP contribution >= 0.6 is 22.7 Å². The Bertz CT molecular complexity index is 172. The van der Waals surface area contributed by atoms with Crippen molar-refractivity contribution < 1.29 is 5.21 Å². The van der Waals surface area contributed by atoms with Gasteiger partial charge in [-0.2, -0.15) is 0 Å². The zero-order chi connectivity index (χ0) is 5.11. The highest BCUT2D eigenvalue weighted by atomic mass is 32.2. The zero-order valence-electron chi connectivity index (χ0n) is 3.37. The van der Waals surface area contributed by atoms with E-state index in [4.69, 9.17) is 5.21 Å². The Morgan fingerprint density at radius 3 is 2.29 bits per heavy atom. The molecule has 0 bridgehead atoms. The lowest BCUT2D eigenvalue weighted by molar-refractivity contribution is 0.306. The second-order valence-electron chi connectivity index (χ2n) is 0.874. The molecule has 0 saturated carbocycles. The second kappa shape index (κ2) is 2.09. The molecule has 0 atom stereocenters. The molecule has 0 aromatic carbocycles. The summed E-state index contributed by atoms with van der Waals surface area (Å²) in [4.78, 5) is 0. The summed E-state index contributed by atoms with van der Waals surface area (Å²) >= 11 is 2.85. The minimum atomic E-state index is 0.694. The van der Waals surface area contributed by atoms with Crippen LogP contribution in [0, 0.1) is 0 Å². The van der Waals surface area contributed by atoms with Crippen LogP contribution in [-0.4, -0.2) is 5.21 Å². The summed E-state index contributed by atoms with van der Waals surface area (Å²) in [6.07, 6.45) is 0. The van der Waals surface area contributed by atoms with Gasteiger partial charge < -0.3 is 5.21 Å². The van der Waals surface area contributed by atoms with Crippen molar-refractivity contribution in [2.24, 2.45) is 5.16 Å². The average molecular weight is 133 g/mol. The molecule has 0 aliphatic heterocycles. The Morgan fingerprint density at radius 1 is 1.43 bits per heavy atom. The quantitative estimate of drug-likeness (QED) is 0.417. The zero-order valence-corrected chi connectivity index (χ0v) is 5.00. The molecule has 1 aromatic heterocycles. The smallest absolute Gasteiger partial charge is 0.209 e. The van der Waals surface area contributed by atoms with E-state index in [2.05, 4.69) is 5.16 Å². The average Bonchev–Trinajstić information content (AvgIpc) is 2.14. The van der Waals surface area contributed by atoms with E-state index < -0.39 is 0 Å². The first kappa shape index (κ1) is 4.80. The van der Waals surface area contributed by atoms with Gasteiger partial charge in [0.05, 0.1) is 0 Å². The van der Waals surface area contributed by atoms with Crippen LogP contribution in [0.5, 0.6) is 0 Å². The second-order valence-corrected chi connectivity index (χ2v) is 2.92. The van der Waals surface area contributed by atoms with Crippen LogP contribution in [0.25, 0.3) is 0 Å². The van der Waals surface area contributed by atoms with Gasteiger partial charge >= 0.3 is 0 Å². The summed E-state index contributed by atoms with van der Waals surface area (Å²) < 4.78 is 0.694. The Labute approximate surface area is 48.4 Å². The van der Waals surface area contributed by atoms with E-state index in [-0.39, 0.29) is 0 Å². The summed E-state index contributed by atoms with van der Waals surface area (Å²) in [5, 5.41) is 14.8. The maximum atomic E-state index is 8.07. The minimum absolute atomic E-state index is 0.694. The van der Waals surface area contributed by atoms with Crippen LogP contribution in [-0.2, 0) is 0 Å². The van der Waals surface area contributed by atoms with E-state index in [0.717, 1.165) is 0 Å². The summed E-state index contributed by atoms with van der Waals surface area (Å²) in [6.45, 7) is 0. The standard InChI is InChI=1S/C3H3NOS2/c5-4-3-6-1-2-7-3/h1-2,5H. The van der Waals surface area contributed by atoms with Crippen molar-refractivity contribution in [1.82, 2.24) is 0 Å². The van der Waals surface area contributed by atoms with E-state index in [1.54, 1.807) is 0 Å². The van der Waals surface area contributed by atoms with Crippen LogP contribution in [0.1, 0.15) is 0 Å². The molecular weight excluding hydrogens is 130 g/mol. The number of hydrogen-bond acceptors (Lipinski definition) is 4. The minimum Gasteiger partial charge on any atom is -0.409 e. The van der Waals surface area contributed by atoms with Crippen LogP contribution in [0.15, 0.2) is 15.9 Å². The topological polar surface area (TPSA) is 32.6 Å². The van der Waals surface area contributed by atoms with Gasteiger partial charge in [0.2, 0.25) is 3.98 Å². The van der Waals surface area contributed by atoms with Crippen LogP contribution in [0.3, 0.4) is 0 Å².